The predicted octanol–water partition coefficient (Wildman–Crippen LogP) is 1.64. The van der Waals surface area contributed by atoms with Crippen molar-refractivity contribution in [3.05, 3.63) is 30.1 Å². The predicted molar refractivity (Wildman–Crippen MR) is 86.6 cm³/mol. The molecule has 0 bridgehead atoms. The van der Waals surface area contributed by atoms with E-state index in [-0.39, 0.29) is 0 Å². The van der Waals surface area contributed by atoms with E-state index in [4.69, 9.17) is 10.5 Å². The Kier molecular flexibility index (Phi) is 5.35. The largest absolute Gasteiger partial charge is 0.497 e. The highest BCUT2D eigenvalue weighted by Crippen LogP contribution is 2.18. The molecule has 1 aromatic heterocycles. The zero-order chi connectivity index (χ0) is 15.9. The van der Waals surface area contributed by atoms with Gasteiger partial charge in [0, 0.05) is 18.7 Å². The summed E-state index contributed by atoms with van der Waals surface area (Å²) >= 11 is 0. The van der Waals surface area contributed by atoms with Crippen molar-refractivity contribution in [1.29, 1.82) is 0 Å². The van der Waals surface area contributed by atoms with E-state index in [1.165, 1.54) is 0 Å². The molecule has 0 fully saturated rings. The van der Waals surface area contributed by atoms with E-state index >= 15 is 0 Å². The first-order valence-corrected chi connectivity index (χ1v) is 7.28. The van der Waals surface area contributed by atoms with Crippen LogP contribution in [0.3, 0.4) is 0 Å². The van der Waals surface area contributed by atoms with Crippen LogP contribution in [0.5, 0.6) is 5.75 Å². The first-order valence-electron chi connectivity index (χ1n) is 7.28. The van der Waals surface area contributed by atoms with Crippen molar-refractivity contribution in [1.82, 2.24) is 20.1 Å². The summed E-state index contributed by atoms with van der Waals surface area (Å²) in [6.07, 6.45) is 0. The minimum Gasteiger partial charge on any atom is -0.497 e. The van der Waals surface area contributed by atoms with Crippen molar-refractivity contribution in [3.63, 3.8) is 0 Å². The number of aromatic amines is 1. The third-order valence-electron chi connectivity index (χ3n) is 3.36. The van der Waals surface area contributed by atoms with Crippen LogP contribution >= 0.6 is 0 Å². The van der Waals surface area contributed by atoms with Gasteiger partial charge in [0.1, 0.15) is 18.1 Å². The Morgan fingerprint density at radius 1 is 1.27 bits per heavy atom. The van der Waals surface area contributed by atoms with Crippen molar-refractivity contribution < 1.29 is 4.74 Å². The van der Waals surface area contributed by atoms with Crippen molar-refractivity contribution in [3.8, 4) is 17.1 Å². The van der Waals surface area contributed by atoms with E-state index in [1.807, 2.05) is 43.0 Å². The van der Waals surface area contributed by atoms with Crippen LogP contribution in [0.2, 0.25) is 0 Å². The third kappa shape index (κ3) is 3.75. The van der Waals surface area contributed by atoms with Crippen molar-refractivity contribution in [2.75, 3.05) is 20.2 Å². The van der Waals surface area contributed by atoms with Crippen LogP contribution in [0.25, 0.3) is 11.4 Å². The maximum Gasteiger partial charge on any atom is 0.191 e. The van der Waals surface area contributed by atoms with Gasteiger partial charge < -0.3 is 15.4 Å². The van der Waals surface area contributed by atoms with Crippen LogP contribution in [0, 0.1) is 0 Å². The van der Waals surface area contributed by atoms with E-state index < -0.39 is 0 Å². The van der Waals surface area contributed by atoms with Gasteiger partial charge in [0.25, 0.3) is 0 Å². The van der Waals surface area contributed by atoms with Gasteiger partial charge in [-0.15, -0.1) is 0 Å². The molecule has 0 saturated heterocycles. The lowest BCUT2D eigenvalue weighted by Gasteiger charge is -2.18. The summed E-state index contributed by atoms with van der Waals surface area (Å²) in [4.78, 5) is 10.8. The third-order valence-corrected chi connectivity index (χ3v) is 3.36. The van der Waals surface area contributed by atoms with Gasteiger partial charge in [-0.3, -0.25) is 5.10 Å². The molecule has 7 nitrogen and oxygen atoms in total. The molecule has 2 rings (SSSR count). The summed E-state index contributed by atoms with van der Waals surface area (Å²) in [5.41, 5.74) is 6.86. The van der Waals surface area contributed by atoms with Crippen LogP contribution < -0.4 is 10.5 Å². The van der Waals surface area contributed by atoms with Gasteiger partial charge in [0.05, 0.1) is 7.11 Å². The number of rotatable bonds is 6. The standard InChI is InChI=1S/C15H22N6O/c1-4-21(5-2)15(16)17-10-13-18-14(20-19-13)11-6-8-12(22-3)9-7-11/h6-9H,4-5,10H2,1-3H3,(H2,16,17)(H,18,19,20). The molecule has 0 aliphatic rings. The summed E-state index contributed by atoms with van der Waals surface area (Å²) in [7, 11) is 1.64. The lowest BCUT2D eigenvalue weighted by molar-refractivity contribution is 0.415. The zero-order valence-electron chi connectivity index (χ0n) is 13.2. The Labute approximate surface area is 130 Å². The molecule has 0 aliphatic carbocycles. The van der Waals surface area contributed by atoms with E-state index in [2.05, 4.69) is 20.2 Å². The number of nitrogens with one attached hydrogen (secondary N) is 1. The average Bonchev–Trinajstić information content (AvgIpc) is 3.03. The maximum atomic E-state index is 5.94. The molecule has 0 unspecified atom stereocenters. The minimum atomic E-state index is 0.380. The SMILES string of the molecule is CCN(CC)C(N)=NCc1nc(-c2ccc(OC)cc2)n[nH]1. The molecular weight excluding hydrogens is 280 g/mol. The molecule has 0 aliphatic heterocycles. The smallest absolute Gasteiger partial charge is 0.191 e. The molecule has 1 aromatic carbocycles. The first kappa shape index (κ1) is 15.8. The number of aromatic nitrogens is 3. The van der Waals surface area contributed by atoms with Gasteiger partial charge in [-0.25, -0.2) is 9.98 Å². The second-order valence-electron chi connectivity index (χ2n) is 4.68. The Hall–Kier alpha value is -2.57. The number of hydrogen-bond donors (Lipinski definition) is 2. The molecule has 118 valence electrons. The summed E-state index contributed by atoms with van der Waals surface area (Å²) < 4.78 is 5.13. The number of nitrogens with two attached hydrogens (primary N) is 1. The fourth-order valence-electron chi connectivity index (χ4n) is 2.04. The quantitative estimate of drug-likeness (QED) is 0.625. The second-order valence-corrected chi connectivity index (χ2v) is 4.68. The van der Waals surface area contributed by atoms with Crippen LogP contribution in [0.1, 0.15) is 19.7 Å². The van der Waals surface area contributed by atoms with Gasteiger partial charge >= 0.3 is 0 Å². The van der Waals surface area contributed by atoms with Gasteiger partial charge in [0.2, 0.25) is 0 Å². The highest BCUT2D eigenvalue weighted by Gasteiger charge is 2.07. The molecule has 0 saturated carbocycles. The average molecular weight is 302 g/mol. The molecule has 7 heteroatoms. The van der Waals surface area contributed by atoms with Gasteiger partial charge in [-0.1, -0.05) is 0 Å². The highest BCUT2D eigenvalue weighted by atomic mass is 16.5. The van der Waals surface area contributed by atoms with Crippen LogP contribution in [0.4, 0.5) is 0 Å². The van der Waals surface area contributed by atoms with Crippen molar-refractivity contribution in [2.24, 2.45) is 10.7 Å². The van der Waals surface area contributed by atoms with Crippen molar-refractivity contribution in [2.45, 2.75) is 20.4 Å². The minimum absolute atomic E-state index is 0.380. The summed E-state index contributed by atoms with van der Waals surface area (Å²) in [6, 6.07) is 7.59. The molecule has 3 N–H and O–H groups in total. The van der Waals surface area contributed by atoms with E-state index in [9.17, 15) is 0 Å². The summed E-state index contributed by atoms with van der Waals surface area (Å²) in [6.45, 7) is 6.13. The maximum absolute atomic E-state index is 5.94. The van der Waals surface area contributed by atoms with Crippen LogP contribution in [-0.2, 0) is 6.54 Å². The second kappa shape index (κ2) is 7.44. The Morgan fingerprint density at radius 3 is 2.55 bits per heavy atom. The normalized spacial score (nSPS) is 11.5. The Balaban J connectivity index is 2.06. The number of aliphatic imine (C=N–C) groups is 1. The zero-order valence-corrected chi connectivity index (χ0v) is 13.2. The molecule has 2 aromatic rings. The monoisotopic (exact) mass is 302 g/mol. The molecule has 0 radical (unpaired) electrons. The molecular formula is C15H22N6O. The fourth-order valence-corrected chi connectivity index (χ4v) is 2.04. The number of ether oxygens (including phenoxy) is 1. The molecule has 22 heavy (non-hydrogen) atoms. The number of methoxy groups -OCH3 is 1. The number of benzene rings is 1. The number of guanidine groups is 1. The van der Waals surface area contributed by atoms with Gasteiger partial charge in [0.15, 0.2) is 11.8 Å². The lowest BCUT2D eigenvalue weighted by Crippen LogP contribution is -2.37. The molecule has 0 amide bonds. The molecule has 1 heterocycles. The van der Waals surface area contributed by atoms with Crippen LogP contribution in [0.15, 0.2) is 29.3 Å². The summed E-state index contributed by atoms with van der Waals surface area (Å²) in [5.74, 6) is 2.64. The topological polar surface area (TPSA) is 92.4 Å². The summed E-state index contributed by atoms with van der Waals surface area (Å²) in [5, 5.41) is 7.09. The lowest BCUT2D eigenvalue weighted by atomic mass is 10.2. The molecule has 0 spiro atoms. The van der Waals surface area contributed by atoms with Crippen LogP contribution in [-0.4, -0.2) is 46.2 Å². The first-order chi connectivity index (χ1) is 10.7. The fraction of sp³-hybridized carbons (Fsp3) is 0.400. The molecule has 0 atom stereocenters. The van der Waals surface area contributed by atoms with E-state index in [1.54, 1.807) is 7.11 Å². The van der Waals surface area contributed by atoms with E-state index in [0.29, 0.717) is 24.2 Å². The van der Waals surface area contributed by atoms with Crippen molar-refractivity contribution >= 4 is 5.96 Å². The number of nitrogens with zero attached hydrogens (tertiary/aromatic N) is 4. The Morgan fingerprint density at radius 2 is 1.95 bits per heavy atom. The highest BCUT2D eigenvalue weighted by molar-refractivity contribution is 5.77. The number of hydrogen-bond acceptors (Lipinski definition) is 4. The number of H-pyrrole nitrogens is 1. The van der Waals surface area contributed by atoms with E-state index in [0.717, 1.165) is 24.4 Å². The Bertz CT molecular complexity index is 615. The van der Waals surface area contributed by atoms with Gasteiger partial charge in [-0.05, 0) is 38.1 Å². The van der Waals surface area contributed by atoms with Gasteiger partial charge in [-0.2, -0.15) is 5.10 Å².